The zero-order valence-electron chi connectivity index (χ0n) is 5.24. The summed E-state index contributed by atoms with van der Waals surface area (Å²) >= 11 is 0. The van der Waals surface area contributed by atoms with Gasteiger partial charge in [-0.05, 0) is 12.8 Å². The van der Waals surface area contributed by atoms with Crippen LogP contribution in [-0.2, 0) is 19.5 Å². The molecule has 0 fully saturated rings. The maximum Gasteiger partial charge on any atom is 0 e. The van der Waals surface area contributed by atoms with Crippen molar-refractivity contribution in [3.63, 3.8) is 0 Å². The van der Waals surface area contributed by atoms with Crippen LogP contribution in [0.5, 0.6) is 0 Å². The van der Waals surface area contributed by atoms with Crippen molar-refractivity contribution in [1.82, 2.24) is 0 Å². The SMILES string of the molecule is Br.[C-]#CCCCC.[Zn]. The molecule has 8 heavy (non-hydrogen) atoms. The van der Waals surface area contributed by atoms with Crippen LogP contribution in [0.15, 0.2) is 0 Å². The smallest absolute Gasteiger partial charge is 0 e. The second kappa shape index (κ2) is 15.6. The molecule has 0 radical (unpaired) electrons. The van der Waals surface area contributed by atoms with E-state index in [1.54, 1.807) is 0 Å². The van der Waals surface area contributed by atoms with Gasteiger partial charge < -0.3 is 12.3 Å². The molecule has 0 nitrogen and oxygen atoms in total. The van der Waals surface area contributed by atoms with Crippen LogP contribution < -0.4 is 0 Å². The molecule has 0 aliphatic rings. The van der Waals surface area contributed by atoms with E-state index in [-0.39, 0.29) is 36.5 Å². The fraction of sp³-hybridized carbons (Fsp3) is 0.667. The van der Waals surface area contributed by atoms with Gasteiger partial charge in [-0.15, -0.1) is 17.0 Å². The fourth-order valence-electron chi connectivity index (χ4n) is 0.265. The molecular formula is C6H10BrZn-. The van der Waals surface area contributed by atoms with Gasteiger partial charge in [-0.2, -0.15) is 0 Å². The molecule has 0 bridgehead atoms. The molecule has 0 rings (SSSR count). The van der Waals surface area contributed by atoms with Crippen LogP contribution in [0.2, 0.25) is 0 Å². The average Bonchev–Trinajstić information content (AvgIpc) is 1.61. The fourth-order valence-corrected chi connectivity index (χ4v) is 0.265. The van der Waals surface area contributed by atoms with Crippen molar-refractivity contribution < 1.29 is 19.5 Å². The first-order valence-corrected chi connectivity index (χ1v) is 2.31. The van der Waals surface area contributed by atoms with Gasteiger partial charge >= 0.3 is 0 Å². The zero-order valence-corrected chi connectivity index (χ0v) is 9.92. The summed E-state index contributed by atoms with van der Waals surface area (Å²) in [7, 11) is 0. The summed E-state index contributed by atoms with van der Waals surface area (Å²) in [5, 5.41) is 0. The van der Waals surface area contributed by atoms with Crippen LogP contribution in [0.4, 0.5) is 0 Å². The van der Waals surface area contributed by atoms with Gasteiger partial charge in [-0.3, -0.25) is 0 Å². The molecule has 0 spiro atoms. The van der Waals surface area contributed by atoms with Crippen molar-refractivity contribution in [2.75, 3.05) is 0 Å². The van der Waals surface area contributed by atoms with E-state index in [2.05, 4.69) is 12.8 Å². The van der Waals surface area contributed by atoms with Gasteiger partial charge in [-0.1, -0.05) is 13.3 Å². The maximum absolute atomic E-state index is 6.46. The molecule has 0 amide bonds. The van der Waals surface area contributed by atoms with Crippen LogP contribution in [0, 0.1) is 12.3 Å². The monoisotopic (exact) mass is 225 g/mol. The average molecular weight is 227 g/mol. The molecule has 0 saturated carbocycles. The van der Waals surface area contributed by atoms with E-state index in [1.165, 1.54) is 6.42 Å². The van der Waals surface area contributed by atoms with Crippen molar-refractivity contribution in [1.29, 1.82) is 0 Å². The van der Waals surface area contributed by atoms with Crippen LogP contribution in [0.25, 0.3) is 0 Å². The van der Waals surface area contributed by atoms with Gasteiger partial charge in [0, 0.05) is 19.5 Å². The summed E-state index contributed by atoms with van der Waals surface area (Å²) in [4.78, 5) is 0. The molecule has 0 N–H and O–H groups in total. The van der Waals surface area contributed by atoms with E-state index in [4.69, 9.17) is 6.42 Å². The number of halogens is 1. The molecule has 0 atom stereocenters. The van der Waals surface area contributed by atoms with Gasteiger partial charge in [0.15, 0.2) is 0 Å². The van der Waals surface area contributed by atoms with Gasteiger partial charge in [0.1, 0.15) is 0 Å². The standard InChI is InChI=1S/C6H9.BrH.Zn/c1-3-5-6-4-2;;/h3,5-6H2,1H3;1H;/q-1;;. The van der Waals surface area contributed by atoms with Gasteiger partial charge in [0.2, 0.25) is 0 Å². The summed E-state index contributed by atoms with van der Waals surface area (Å²) in [5.41, 5.74) is 0. The molecule has 0 aliphatic carbocycles. The van der Waals surface area contributed by atoms with E-state index in [9.17, 15) is 0 Å². The Balaban J connectivity index is -0.000000125. The molecule has 2 heteroatoms. The van der Waals surface area contributed by atoms with Crippen LogP contribution >= 0.6 is 17.0 Å². The van der Waals surface area contributed by atoms with Gasteiger partial charge in [0.05, 0.1) is 0 Å². The maximum atomic E-state index is 6.46. The van der Waals surface area contributed by atoms with Crippen LogP contribution in [0.3, 0.4) is 0 Å². The summed E-state index contributed by atoms with van der Waals surface area (Å²) in [5.74, 6) is 2.32. The van der Waals surface area contributed by atoms with Gasteiger partial charge in [-0.25, -0.2) is 0 Å². The van der Waals surface area contributed by atoms with E-state index in [0.717, 1.165) is 12.8 Å². The Morgan fingerprint density at radius 2 is 2.00 bits per heavy atom. The molecule has 0 heterocycles. The zero-order chi connectivity index (χ0) is 4.83. The van der Waals surface area contributed by atoms with Crippen molar-refractivity contribution in [2.45, 2.75) is 26.2 Å². The van der Waals surface area contributed by atoms with Crippen LogP contribution in [-0.4, -0.2) is 0 Å². The Morgan fingerprint density at radius 1 is 1.50 bits per heavy atom. The normalized spacial score (nSPS) is 5.50. The molecule has 0 saturated heterocycles. The Morgan fingerprint density at radius 3 is 2.12 bits per heavy atom. The predicted octanol–water partition coefficient (Wildman–Crippen LogP) is 2.34. The van der Waals surface area contributed by atoms with Crippen molar-refractivity contribution >= 4 is 17.0 Å². The second-order valence-corrected chi connectivity index (χ2v) is 1.28. The predicted molar refractivity (Wildman–Crippen MR) is 37.0 cm³/mol. The first-order valence-electron chi connectivity index (χ1n) is 2.31. The molecule has 0 aromatic rings. The Hall–Kier alpha value is 0.663. The Kier molecular flexibility index (Phi) is 31.0. The molecular weight excluding hydrogens is 217 g/mol. The molecule has 0 unspecified atom stereocenters. The second-order valence-electron chi connectivity index (χ2n) is 1.28. The minimum Gasteiger partial charge on any atom is -0.694 e. The minimum absolute atomic E-state index is 0. The van der Waals surface area contributed by atoms with E-state index in [0.29, 0.717) is 0 Å². The third kappa shape index (κ3) is 15.9. The third-order valence-electron chi connectivity index (χ3n) is 0.655. The van der Waals surface area contributed by atoms with Crippen molar-refractivity contribution in [3.05, 3.63) is 6.42 Å². The van der Waals surface area contributed by atoms with Crippen molar-refractivity contribution in [2.24, 2.45) is 0 Å². The van der Waals surface area contributed by atoms with Crippen molar-refractivity contribution in [3.8, 4) is 5.92 Å². The topological polar surface area (TPSA) is 0 Å². The Bertz CT molecular complexity index is 56.0. The first kappa shape index (κ1) is 15.9. The Labute approximate surface area is 75.0 Å². The third-order valence-corrected chi connectivity index (χ3v) is 0.655. The van der Waals surface area contributed by atoms with E-state index >= 15 is 0 Å². The minimum atomic E-state index is 0. The number of rotatable bonds is 2. The van der Waals surface area contributed by atoms with E-state index < -0.39 is 0 Å². The number of unbranched alkanes of at least 4 members (excludes halogenated alkanes) is 2. The molecule has 0 aliphatic heterocycles. The quantitative estimate of drug-likeness (QED) is 0.294. The number of hydrogen-bond acceptors (Lipinski definition) is 0. The summed E-state index contributed by atoms with van der Waals surface area (Å²) in [6.07, 6.45) is 9.57. The molecule has 0 aromatic heterocycles. The largest absolute Gasteiger partial charge is 0.694 e. The first-order chi connectivity index (χ1) is 2.91. The molecule has 44 valence electrons. The van der Waals surface area contributed by atoms with Gasteiger partial charge in [0.25, 0.3) is 0 Å². The molecule has 0 aromatic carbocycles. The summed E-state index contributed by atoms with van der Waals surface area (Å²) in [6, 6.07) is 0. The van der Waals surface area contributed by atoms with E-state index in [1.807, 2.05) is 0 Å². The number of hydrogen-bond donors (Lipinski definition) is 0. The van der Waals surface area contributed by atoms with Crippen LogP contribution in [0.1, 0.15) is 26.2 Å². The summed E-state index contributed by atoms with van der Waals surface area (Å²) < 4.78 is 0. The summed E-state index contributed by atoms with van der Waals surface area (Å²) in [6.45, 7) is 2.11.